The molecule has 2 heterocycles. The fourth-order valence-electron chi connectivity index (χ4n) is 2.61. The van der Waals surface area contributed by atoms with E-state index in [2.05, 4.69) is 10.1 Å². The van der Waals surface area contributed by atoms with Crippen molar-refractivity contribution in [3.63, 3.8) is 0 Å². The maximum Gasteiger partial charge on any atom is 0.459 e. The lowest BCUT2D eigenvalue weighted by Gasteiger charge is -2.20. The number of halogens is 8. The molecule has 0 saturated carbocycles. The van der Waals surface area contributed by atoms with Gasteiger partial charge in [-0.25, -0.2) is 9.50 Å². The summed E-state index contributed by atoms with van der Waals surface area (Å²) in [4.78, 5) is 16.1. The molecule has 160 valence electrons. The van der Waals surface area contributed by atoms with Crippen LogP contribution in [0.5, 0.6) is 0 Å². The predicted octanol–water partition coefficient (Wildman–Crippen LogP) is 4.96. The SMILES string of the molecule is Cc1cc(C(F)(F)C(F)(F)F)n2nc(C(=O)Nc3ccccc3C(F)(F)F)cc2n1. The molecule has 0 aliphatic rings. The van der Waals surface area contributed by atoms with Gasteiger partial charge < -0.3 is 5.32 Å². The third-order valence-corrected chi connectivity index (χ3v) is 3.95. The monoisotopic (exact) mass is 438 g/mol. The molecular weight excluding hydrogens is 428 g/mol. The molecule has 30 heavy (non-hydrogen) atoms. The largest absolute Gasteiger partial charge is 0.459 e. The number of hydrogen-bond donors (Lipinski definition) is 1. The van der Waals surface area contributed by atoms with E-state index in [1.807, 2.05) is 5.32 Å². The Labute approximate surface area is 162 Å². The number of amides is 1. The summed E-state index contributed by atoms with van der Waals surface area (Å²) in [5, 5.41) is 5.33. The van der Waals surface area contributed by atoms with Crippen LogP contribution in [0.3, 0.4) is 0 Å². The van der Waals surface area contributed by atoms with Crippen molar-refractivity contribution in [2.24, 2.45) is 0 Å². The molecule has 0 fully saturated rings. The Morgan fingerprint density at radius 1 is 1.00 bits per heavy atom. The van der Waals surface area contributed by atoms with Crippen molar-refractivity contribution in [1.29, 1.82) is 0 Å². The van der Waals surface area contributed by atoms with E-state index < -0.39 is 52.5 Å². The number of aryl methyl sites for hydroxylation is 1. The molecule has 5 nitrogen and oxygen atoms in total. The van der Waals surface area contributed by atoms with Gasteiger partial charge in [0.15, 0.2) is 11.3 Å². The topological polar surface area (TPSA) is 59.3 Å². The van der Waals surface area contributed by atoms with Gasteiger partial charge in [0.25, 0.3) is 5.91 Å². The van der Waals surface area contributed by atoms with Crippen LogP contribution in [-0.4, -0.2) is 26.7 Å². The minimum Gasteiger partial charge on any atom is -0.320 e. The van der Waals surface area contributed by atoms with Gasteiger partial charge in [0.2, 0.25) is 0 Å². The molecule has 0 spiro atoms. The number of rotatable bonds is 3. The third-order valence-electron chi connectivity index (χ3n) is 3.95. The van der Waals surface area contributed by atoms with Crippen molar-refractivity contribution >= 4 is 17.2 Å². The number of para-hydroxylation sites is 1. The third kappa shape index (κ3) is 3.78. The molecule has 13 heteroatoms. The van der Waals surface area contributed by atoms with Gasteiger partial charge in [-0.05, 0) is 25.1 Å². The molecule has 0 bridgehead atoms. The number of nitrogens with zero attached hydrogens (tertiary/aromatic N) is 3. The van der Waals surface area contributed by atoms with E-state index in [9.17, 15) is 39.9 Å². The maximum atomic E-state index is 13.9. The van der Waals surface area contributed by atoms with Crippen molar-refractivity contribution < 1.29 is 39.9 Å². The lowest BCUT2D eigenvalue weighted by Crippen LogP contribution is -2.36. The van der Waals surface area contributed by atoms with Crippen LogP contribution < -0.4 is 5.32 Å². The Hall–Kier alpha value is -3.25. The molecule has 1 N–H and O–H groups in total. The average molecular weight is 438 g/mol. The van der Waals surface area contributed by atoms with Crippen LogP contribution in [0, 0.1) is 6.92 Å². The van der Waals surface area contributed by atoms with Gasteiger partial charge in [0.1, 0.15) is 5.69 Å². The molecule has 0 unspecified atom stereocenters. The van der Waals surface area contributed by atoms with Crippen LogP contribution in [0.15, 0.2) is 36.4 Å². The minimum atomic E-state index is -5.95. The molecule has 1 amide bonds. The number of hydrogen-bond acceptors (Lipinski definition) is 3. The highest BCUT2D eigenvalue weighted by Crippen LogP contribution is 2.44. The highest BCUT2D eigenvalue weighted by Gasteiger charge is 2.60. The first-order valence-corrected chi connectivity index (χ1v) is 8.02. The molecule has 1 aromatic carbocycles. The summed E-state index contributed by atoms with van der Waals surface area (Å²) in [5.74, 6) is -6.57. The average Bonchev–Trinajstić information content (AvgIpc) is 3.03. The smallest absolute Gasteiger partial charge is 0.320 e. The lowest BCUT2D eigenvalue weighted by molar-refractivity contribution is -0.291. The zero-order valence-electron chi connectivity index (χ0n) is 14.7. The van der Waals surface area contributed by atoms with Gasteiger partial charge in [-0.15, -0.1) is 0 Å². The minimum absolute atomic E-state index is 0.130. The first-order chi connectivity index (χ1) is 13.7. The van der Waals surface area contributed by atoms with E-state index in [-0.39, 0.29) is 10.2 Å². The number of nitrogens with one attached hydrogen (secondary N) is 1. The zero-order valence-corrected chi connectivity index (χ0v) is 14.7. The van der Waals surface area contributed by atoms with Gasteiger partial charge in [0.05, 0.1) is 11.3 Å². The van der Waals surface area contributed by atoms with E-state index in [0.717, 1.165) is 25.1 Å². The van der Waals surface area contributed by atoms with Gasteiger partial charge >= 0.3 is 18.3 Å². The number of carbonyl (C=O) groups is 1. The molecule has 0 aliphatic carbocycles. The van der Waals surface area contributed by atoms with Gasteiger partial charge in [0, 0.05) is 11.8 Å². The van der Waals surface area contributed by atoms with Crippen molar-refractivity contribution in [2.75, 3.05) is 5.32 Å². The van der Waals surface area contributed by atoms with Gasteiger partial charge in [-0.2, -0.15) is 40.2 Å². The molecular formula is C17H10F8N4O. The number of benzene rings is 1. The fraction of sp³-hybridized carbons (Fsp3) is 0.235. The second-order valence-electron chi connectivity index (χ2n) is 6.15. The number of alkyl halides is 8. The number of aromatic nitrogens is 3. The molecule has 0 saturated heterocycles. The van der Waals surface area contributed by atoms with E-state index in [1.54, 1.807) is 0 Å². The predicted molar refractivity (Wildman–Crippen MR) is 87.1 cm³/mol. The Morgan fingerprint density at radius 3 is 2.23 bits per heavy atom. The Bertz CT molecular complexity index is 1120. The molecule has 2 aromatic heterocycles. The summed E-state index contributed by atoms with van der Waals surface area (Å²) >= 11 is 0. The molecule has 0 radical (unpaired) electrons. The van der Waals surface area contributed by atoms with Crippen molar-refractivity contribution in [2.45, 2.75) is 25.2 Å². The Kier molecular flexibility index (Phi) is 4.95. The standard InChI is InChI=1S/C17H10F8N4O/c1-8-6-12(15(18,19)17(23,24)25)29-13(26-8)7-11(28-29)14(30)27-10-5-3-2-4-9(10)16(20,21)22/h2-7H,1H3,(H,27,30). The van der Waals surface area contributed by atoms with Crippen LogP contribution in [-0.2, 0) is 12.1 Å². The summed E-state index contributed by atoms with van der Waals surface area (Å²) in [6.45, 7) is 1.16. The maximum absolute atomic E-state index is 13.9. The summed E-state index contributed by atoms with van der Waals surface area (Å²) in [6, 6.07) is 5.18. The van der Waals surface area contributed by atoms with Crippen molar-refractivity contribution in [3.05, 3.63) is 59.0 Å². The van der Waals surface area contributed by atoms with Crippen LogP contribution in [0.1, 0.15) is 27.4 Å². The van der Waals surface area contributed by atoms with Gasteiger partial charge in [-0.3, -0.25) is 4.79 Å². The molecule has 0 atom stereocenters. The molecule has 0 aliphatic heterocycles. The lowest BCUT2D eigenvalue weighted by atomic mass is 10.1. The highest BCUT2D eigenvalue weighted by molar-refractivity contribution is 6.04. The number of carbonyl (C=O) groups excluding carboxylic acids is 1. The van der Waals surface area contributed by atoms with Crippen LogP contribution in [0.25, 0.3) is 5.65 Å². The van der Waals surface area contributed by atoms with Gasteiger partial charge in [-0.1, -0.05) is 12.1 Å². The zero-order chi connectivity index (χ0) is 22.5. The first-order valence-electron chi connectivity index (χ1n) is 8.02. The second-order valence-corrected chi connectivity index (χ2v) is 6.15. The van der Waals surface area contributed by atoms with Crippen molar-refractivity contribution in [1.82, 2.24) is 14.6 Å². The summed E-state index contributed by atoms with van der Waals surface area (Å²) in [5.41, 5.74) is -4.84. The Morgan fingerprint density at radius 2 is 1.63 bits per heavy atom. The summed E-state index contributed by atoms with van der Waals surface area (Å²) < 4.78 is 105. The summed E-state index contributed by atoms with van der Waals surface area (Å²) in [7, 11) is 0. The highest BCUT2D eigenvalue weighted by atomic mass is 19.4. The van der Waals surface area contributed by atoms with E-state index >= 15 is 0 Å². The van der Waals surface area contributed by atoms with E-state index in [4.69, 9.17) is 0 Å². The van der Waals surface area contributed by atoms with E-state index in [0.29, 0.717) is 12.1 Å². The number of anilines is 1. The van der Waals surface area contributed by atoms with Crippen LogP contribution in [0.2, 0.25) is 0 Å². The second kappa shape index (κ2) is 6.92. The first kappa shape index (κ1) is 21.5. The normalized spacial score (nSPS) is 13.0. The van der Waals surface area contributed by atoms with E-state index in [1.165, 1.54) is 6.07 Å². The van der Waals surface area contributed by atoms with Crippen LogP contribution >= 0.6 is 0 Å². The van der Waals surface area contributed by atoms with Crippen molar-refractivity contribution in [3.8, 4) is 0 Å². The quantitative estimate of drug-likeness (QED) is 0.588. The molecule has 3 aromatic rings. The number of fused-ring (bicyclic) bond motifs is 1. The molecule has 3 rings (SSSR count). The fourth-order valence-corrected chi connectivity index (χ4v) is 2.61. The Balaban J connectivity index is 2.05. The van der Waals surface area contributed by atoms with Crippen LogP contribution in [0.4, 0.5) is 40.8 Å². The summed E-state index contributed by atoms with van der Waals surface area (Å²) in [6.07, 6.45) is -10.8.